The van der Waals surface area contributed by atoms with Gasteiger partial charge in [-0.2, -0.15) is 13.2 Å². The third-order valence-corrected chi connectivity index (χ3v) is 7.24. The van der Waals surface area contributed by atoms with Gasteiger partial charge in [0.25, 0.3) is 5.91 Å². The summed E-state index contributed by atoms with van der Waals surface area (Å²) in [6, 6.07) is 11.4. The van der Waals surface area contributed by atoms with Gasteiger partial charge in [-0.25, -0.2) is 0 Å². The maximum atomic E-state index is 13.6. The van der Waals surface area contributed by atoms with Gasteiger partial charge in [-0.1, -0.05) is 12.1 Å². The second kappa shape index (κ2) is 9.88. The Labute approximate surface area is 211 Å². The van der Waals surface area contributed by atoms with Gasteiger partial charge in [-0.3, -0.25) is 14.6 Å². The van der Waals surface area contributed by atoms with Crippen molar-refractivity contribution in [3.05, 3.63) is 77.7 Å². The Kier molecular flexibility index (Phi) is 6.62. The first-order valence-corrected chi connectivity index (χ1v) is 12.2. The number of hydrogen-bond acceptors (Lipinski definition) is 3. The van der Waals surface area contributed by atoms with Crippen molar-refractivity contribution in [3.8, 4) is 0 Å². The van der Waals surface area contributed by atoms with E-state index in [1.54, 1.807) is 29.2 Å². The molecule has 9 heteroatoms. The molecule has 2 heterocycles. The highest BCUT2D eigenvalue weighted by Gasteiger charge is 2.33. The summed E-state index contributed by atoms with van der Waals surface area (Å²) in [5.41, 5.74) is 0.462. The van der Waals surface area contributed by atoms with Crippen LogP contribution < -0.4 is 5.32 Å². The summed E-state index contributed by atoms with van der Waals surface area (Å²) in [5, 5.41) is 14.3. The maximum Gasteiger partial charge on any atom is 0.416 e. The number of pyridine rings is 1. The Morgan fingerprint density at radius 1 is 1.00 bits per heavy atom. The number of carbonyl (C=O) groups is 2. The van der Waals surface area contributed by atoms with Crippen LogP contribution in [0.4, 0.5) is 13.2 Å². The van der Waals surface area contributed by atoms with E-state index in [1.165, 1.54) is 0 Å². The molecule has 1 saturated carbocycles. The lowest BCUT2D eigenvalue weighted by molar-refractivity contribution is -0.143. The van der Waals surface area contributed by atoms with Crippen molar-refractivity contribution in [3.63, 3.8) is 0 Å². The number of hydrogen-bond donors (Lipinski definition) is 2. The maximum absolute atomic E-state index is 13.6. The van der Waals surface area contributed by atoms with Crippen LogP contribution in [0.15, 0.2) is 61.1 Å². The van der Waals surface area contributed by atoms with Crippen molar-refractivity contribution >= 4 is 33.6 Å². The van der Waals surface area contributed by atoms with Gasteiger partial charge in [0, 0.05) is 42.5 Å². The van der Waals surface area contributed by atoms with Crippen molar-refractivity contribution in [1.82, 2.24) is 14.9 Å². The predicted octanol–water partition coefficient (Wildman–Crippen LogP) is 5.88. The van der Waals surface area contributed by atoms with E-state index in [0.29, 0.717) is 49.7 Å². The summed E-state index contributed by atoms with van der Waals surface area (Å²) in [7, 11) is 0. The lowest BCUT2D eigenvalue weighted by Gasteiger charge is -2.26. The molecule has 0 aliphatic heterocycles. The van der Waals surface area contributed by atoms with Crippen molar-refractivity contribution < 1.29 is 27.9 Å². The average Bonchev–Trinajstić information content (AvgIpc) is 3.29. The summed E-state index contributed by atoms with van der Waals surface area (Å²) in [4.78, 5) is 28.6. The Bertz CT molecular complexity index is 1470. The molecule has 0 radical (unpaired) electrons. The first-order chi connectivity index (χ1) is 17.7. The molecule has 1 aliphatic carbocycles. The third kappa shape index (κ3) is 5.30. The number of alkyl halides is 3. The largest absolute Gasteiger partial charge is 0.481 e. The molecule has 1 amide bonds. The van der Waals surface area contributed by atoms with Crippen LogP contribution in [0.3, 0.4) is 0 Å². The number of amides is 1. The third-order valence-electron chi connectivity index (χ3n) is 7.24. The standard InChI is InChI=1S/C28H26F3N3O3/c29-28(30,31)23-12-21-8-10-34(16-18-3-4-19-7-9-32-15-22(19)11-18)25(21)24(13-23)26(35)33-14-17-1-5-20(6-2-17)27(36)37/h3-4,7-13,15,17,20H,1-2,5-6,14,16H2,(H,33,35)(H,36,37). The van der Waals surface area contributed by atoms with Crippen LogP contribution in [0, 0.1) is 11.8 Å². The molecular weight excluding hydrogens is 483 g/mol. The second-order valence-corrected chi connectivity index (χ2v) is 9.73. The molecule has 2 aromatic heterocycles. The van der Waals surface area contributed by atoms with Gasteiger partial charge in [-0.05, 0) is 72.9 Å². The minimum atomic E-state index is -4.59. The first-order valence-electron chi connectivity index (χ1n) is 12.2. The fraction of sp³-hybridized carbons (Fsp3) is 0.321. The lowest BCUT2D eigenvalue weighted by Crippen LogP contribution is -2.32. The molecule has 0 spiro atoms. The zero-order valence-electron chi connectivity index (χ0n) is 20.0. The molecule has 5 rings (SSSR count). The van der Waals surface area contributed by atoms with Gasteiger partial charge in [0.05, 0.1) is 22.6 Å². The monoisotopic (exact) mass is 509 g/mol. The second-order valence-electron chi connectivity index (χ2n) is 9.73. The van der Waals surface area contributed by atoms with E-state index in [-0.39, 0.29) is 17.4 Å². The molecular formula is C28H26F3N3O3. The number of nitrogens with zero attached hydrogens (tertiary/aromatic N) is 2. The number of carbonyl (C=O) groups excluding carboxylic acids is 1. The van der Waals surface area contributed by atoms with Crippen molar-refractivity contribution in [2.75, 3.05) is 6.54 Å². The predicted molar refractivity (Wildman–Crippen MR) is 133 cm³/mol. The topological polar surface area (TPSA) is 84.2 Å². The number of benzene rings is 2. The van der Waals surface area contributed by atoms with Crippen LogP contribution >= 0.6 is 0 Å². The van der Waals surface area contributed by atoms with E-state index >= 15 is 0 Å². The number of nitrogens with one attached hydrogen (secondary N) is 1. The van der Waals surface area contributed by atoms with Crippen molar-refractivity contribution in [1.29, 1.82) is 0 Å². The molecule has 4 aromatic rings. The summed E-state index contributed by atoms with van der Waals surface area (Å²) in [5.74, 6) is -1.65. The van der Waals surface area contributed by atoms with Crippen LogP contribution in [0.5, 0.6) is 0 Å². The van der Waals surface area contributed by atoms with E-state index in [2.05, 4.69) is 10.3 Å². The summed E-state index contributed by atoms with van der Waals surface area (Å²) >= 11 is 0. The minimum Gasteiger partial charge on any atom is -0.481 e. The number of fused-ring (bicyclic) bond motifs is 2. The molecule has 1 fully saturated rings. The fourth-order valence-corrected chi connectivity index (χ4v) is 5.19. The zero-order chi connectivity index (χ0) is 26.2. The molecule has 2 N–H and O–H groups in total. The number of carboxylic acid groups (broad SMARTS) is 1. The van der Waals surface area contributed by atoms with Gasteiger partial charge in [0.1, 0.15) is 0 Å². The van der Waals surface area contributed by atoms with Gasteiger partial charge >= 0.3 is 12.1 Å². The Morgan fingerprint density at radius 3 is 2.51 bits per heavy atom. The van der Waals surface area contributed by atoms with E-state index in [9.17, 15) is 27.9 Å². The molecule has 2 aromatic carbocycles. The Hall–Kier alpha value is -3.88. The lowest BCUT2D eigenvalue weighted by atomic mass is 9.82. The highest BCUT2D eigenvalue weighted by Crippen LogP contribution is 2.34. The molecule has 192 valence electrons. The smallest absolute Gasteiger partial charge is 0.416 e. The average molecular weight is 510 g/mol. The van der Waals surface area contributed by atoms with Crippen molar-refractivity contribution in [2.45, 2.75) is 38.4 Å². The van der Waals surface area contributed by atoms with E-state index in [4.69, 9.17) is 0 Å². The number of aromatic nitrogens is 2. The van der Waals surface area contributed by atoms with Gasteiger partial charge in [0.2, 0.25) is 0 Å². The molecule has 1 aliphatic rings. The SMILES string of the molecule is O=C(NCC1CCC(C(=O)O)CC1)c1cc(C(F)(F)F)cc2ccn(Cc3ccc4ccncc4c3)c12. The Morgan fingerprint density at radius 2 is 1.78 bits per heavy atom. The molecule has 0 bridgehead atoms. The van der Waals surface area contributed by atoms with Gasteiger partial charge < -0.3 is 15.0 Å². The van der Waals surface area contributed by atoms with Crippen LogP contribution in [0.1, 0.15) is 47.2 Å². The van der Waals surface area contributed by atoms with Crippen LogP contribution in [-0.4, -0.2) is 33.1 Å². The van der Waals surface area contributed by atoms with Gasteiger partial charge in [-0.15, -0.1) is 0 Å². The number of halogens is 3. The van der Waals surface area contributed by atoms with Crippen molar-refractivity contribution in [2.24, 2.45) is 11.8 Å². The summed E-state index contributed by atoms with van der Waals surface area (Å²) < 4.78 is 42.7. The van der Waals surface area contributed by atoms with Crippen LogP contribution in [-0.2, 0) is 17.5 Å². The fourth-order valence-electron chi connectivity index (χ4n) is 5.19. The number of rotatable bonds is 6. The quantitative estimate of drug-likeness (QED) is 0.340. The van der Waals surface area contributed by atoms with Crippen LogP contribution in [0.2, 0.25) is 0 Å². The Balaban J connectivity index is 1.43. The van der Waals surface area contributed by atoms with Gasteiger partial charge in [0.15, 0.2) is 0 Å². The number of aliphatic carboxylic acids is 1. The highest BCUT2D eigenvalue weighted by molar-refractivity contribution is 6.06. The molecule has 0 saturated heterocycles. The van der Waals surface area contributed by atoms with E-state index < -0.39 is 23.6 Å². The zero-order valence-corrected chi connectivity index (χ0v) is 20.0. The minimum absolute atomic E-state index is 0.0310. The van der Waals surface area contributed by atoms with E-state index in [1.807, 2.05) is 24.3 Å². The molecule has 0 unspecified atom stereocenters. The van der Waals surface area contributed by atoms with E-state index in [0.717, 1.165) is 28.5 Å². The highest BCUT2D eigenvalue weighted by atomic mass is 19.4. The molecule has 0 atom stereocenters. The molecule has 37 heavy (non-hydrogen) atoms. The summed E-state index contributed by atoms with van der Waals surface area (Å²) in [6.07, 6.45) is 2.95. The summed E-state index contributed by atoms with van der Waals surface area (Å²) in [6.45, 7) is 0.667. The van der Waals surface area contributed by atoms with Crippen LogP contribution in [0.25, 0.3) is 21.7 Å². The number of carboxylic acids is 1. The molecule has 6 nitrogen and oxygen atoms in total. The first kappa shape index (κ1) is 24.8. The normalized spacial score (nSPS) is 18.2.